The summed E-state index contributed by atoms with van der Waals surface area (Å²) in [6, 6.07) is 11.4. The molecule has 0 fully saturated rings. The summed E-state index contributed by atoms with van der Waals surface area (Å²) in [5.74, 6) is 0. The fraction of sp³-hybridized carbons (Fsp3) is 0.286. The molecule has 1 atom stereocenters. The predicted octanol–water partition coefficient (Wildman–Crippen LogP) is 3.88. The van der Waals surface area contributed by atoms with Crippen LogP contribution in [0, 0.1) is 0 Å². The van der Waals surface area contributed by atoms with Gasteiger partial charge < -0.3 is 14.6 Å². The molecule has 1 heterocycles. The number of thiophene rings is 1. The van der Waals surface area contributed by atoms with Gasteiger partial charge in [-0.1, -0.05) is 24.3 Å². The van der Waals surface area contributed by atoms with Gasteiger partial charge in [0.25, 0.3) is 0 Å². The van der Waals surface area contributed by atoms with Crippen LogP contribution in [-0.2, 0) is 9.47 Å². The molecular formula is C14H15BrO3S. The van der Waals surface area contributed by atoms with E-state index in [-0.39, 0.29) is 6.29 Å². The standard InChI is InChI=1S/C14H15BrO3S/c1-17-14(18-2)10-5-3-9(4-6-10)13(16)11-7-8-12(15)19-11/h3-8,13-14,16H,1-2H3. The molecule has 0 aliphatic rings. The average Bonchev–Trinajstić information content (AvgIpc) is 2.87. The van der Waals surface area contributed by atoms with E-state index in [1.54, 1.807) is 14.2 Å². The Balaban J connectivity index is 2.18. The van der Waals surface area contributed by atoms with Gasteiger partial charge in [0.15, 0.2) is 6.29 Å². The van der Waals surface area contributed by atoms with Gasteiger partial charge in [-0.3, -0.25) is 0 Å². The van der Waals surface area contributed by atoms with E-state index in [0.29, 0.717) is 0 Å². The molecular weight excluding hydrogens is 328 g/mol. The van der Waals surface area contributed by atoms with Gasteiger partial charge in [-0.25, -0.2) is 0 Å². The van der Waals surface area contributed by atoms with E-state index in [9.17, 15) is 5.11 Å². The number of hydrogen-bond acceptors (Lipinski definition) is 4. The first kappa shape index (κ1) is 14.7. The van der Waals surface area contributed by atoms with Crippen LogP contribution in [0.15, 0.2) is 40.2 Å². The van der Waals surface area contributed by atoms with E-state index in [0.717, 1.165) is 19.8 Å². The summed E-state index contributed by atoms with van der Waals surface area (Å²) in [7, 11) is 3.19. The second kappa shape index (κ2) is 6.63. The lowest BCUT2D eigenvalue weighted by Crippen LogP contribution is -2.04. The van der Waals surface area contributed by atoms with Gasteiger partial charge in [-0.05, 0) is 33.6 Å². The fourth-order valence-corrected chi connectivity index (χ4v) is 3.28. The third-order valence-electron chi connectivity index (χ3n) is 2.82. The number of hydrogen-bond donors (Lipinski definition) is 1. The molecule has 0 spiro atoms. The largest absolute Gasteiger partial charge is 0.383 e. The van der Waals surface area contributed by atoms with E-state index in [2.05, 4.69) is 15.9 Å². The normalized spacial score (nSPS) is 12.9. The van der Waals surface area contributed by atoms with Crippen LogP contribution in [0.25, 0.3) is 0 Å². The number of ether oxygens (including phenoxy) is 2. The minimum atomic E-state index is -0.603. The van der Waals surface area contributed by atoms with Crippen LogP contribution in [0.4, 0.5) is 0 Å². The molecule has 0 saturated carbocycles. The zero-order valence-corrected chi connectivity index (χ0v) is 13.1. The summed E-state index contributed by atoms with van der Waals surface area (Å²) in [6.45, 7) is 0. The first-order chi connectivity index (χ1) is 9.15. The molecule has 0 radical (unpaired) electrons. The SMILES string of the molecule is COC(OC)c1ccc(C(O)c2ccc(Br)s2)cc1. The van der Waals surface area contributed by atoms with Gasteiger partial charge in [0.05, 0.1) is 3.79 Å². The molecule has 0 aliphatic carbocycles. The highest BCUT2D eigenvalue weighted by atomic mass is 79.9. The van der Waals surface area contributed by atoms with E-state index in [4.69, 9.17) is 9.47 Å². The number of benzene rings is 1. The lowest BCUT2D eigenvalue weighted by atomic mass is 10.1. The maximum Gasteiger partial charge on any atom is 0.183 e. The highest BCUT2D eigenvalue weighted by Gasteiger charge is 2.14. The number of halogens is 1. The Morgan fingerprint density at radius 1 is 1.00 bits per heavy atom. The molecule has 0 aliphatic heterocycles. The molecule has 0 amide bonds. The van der Waals surface area contributed by atoms with Crippen molar-refractivity contribution in [1.82, 2.24) is 0 Å². The molecule has 1 N–H and O–H groups in total. The minimum absolute atomic E-state index is 0.373. The first-order valence-corrected chi connectivity index (χ1v) is 7.35. The summed E-state index contributed by atoms with van der Waals surface area (Å²) in [6.07, 6.45) is -0.976. The Morgan fingerprint density at radius 2 is 1.58 bits per heavy atom. The van der Waals surface area contributed by atoms with Crippen LogP contribution in [-0.4, -0.2) is 19.3 Å². The van der Waals surface area contributed by atoms with Crippen LogP contribution < -0.4 is 0 Å². The number of rotatable bonds is 5. The van der Waals surface area contributed by atoms with Crippen molar-refractivity contribution >= 4 is 27.3 Å². The number of aliphatic hydroxyl groups is 1. The van der Waals surface area contributed by atoms with Crippen LogP contribution in [0.1, 0.15) is 28.4 Å². The molecule has 19 heavy (non-hydrogen) atoms. The van der Waals surface area contributed by atoms with Crippen molar-refractivity contribution in [3.8, 4) is 0 Å². The van der Waals surface area contributed by atoms with Gasteiger partial charge in [-0.2, -0.15) is 0 Å². The van der Waals surface area contributed by atoms with Gasteiger partial charge in [-0.15, -0.1) is 11.3 Å². The number of methoxy groups -OCH3 is 2. The molecule has 0 saturated heterocycles. The Kier molecular flexibility index (Phi) is 5.13. The fourth-order valence-electron chi connectivity index (χ4n) is 1.84. The topological polar surface area (TPSA) is 38.7 Å². The molecule has 2 aromatic rings. The van der Waals surface area contributed by atoms with E-state index in [1.165, 1.54) is 11.3 Å². The Labute approximate surface area is 124 Å². The van der Waals surface area contributed by atoms with Crippen molar-refractivity contribution in [3.05, 3.63) is 56.2 Å². The quantitative estimate of drug-likeness (QED) is 0.838. The molecule has 1 aromatic carbocycles. The summed E-state index contributed by atoms with van der Waals surface area (Å²) in [5, 5.41) is 10.3. The summed E-state index contributed by atoms with van der Waals surface area (Å²) in [5.41, 5.74) is 1.78. The monoisotopic (exact) mass is 342 g/mol. The van der Waals surface area contributed by atoms with Crippen molar-refractivity contribution in [1.29, 1.82) is 0 Å². The van der Waals surface area contributed by atoms with E-state index in [1.807, 2.05) is 36.4 Å². The van der Waals surface area contributed by atoms with Crippen molar-refractivity contribution in [2.24, 2.45) is 0 Å². The van der Waals surface area contributed by atoms with Crippen LogP contribution >= 0.6 is 27.3 Å². The highest BCUT2D eigenvalue weighted by molar-refractivity contribution is 9.11. The van der Waals surface area contributed by atoms with Crippen LogP contribution in [0.5, 0.6) is 0 Å². The molecule has 102 valence electrons. The highest BCUT2D eigenvalue weighted by Crippen LogP contribution is 2.31. The summed E-state index contributed by atoms with van der Waals surface area (Å²) < 4.78 is 11.4. The summed E-state index contributed by atoms with van der Waals surface area (Å²) in [4.78, 5) is 0.912. The average molecular weight is 343 g/mol. The lowest BCUT2D eigenvalue weighted by Gasteiger charge is -2.15. The van der Waals surface area contributed by atoms with Gasteiger partial charge in [0, 0.05) is 24.7 Å². The van der Waals surface area contributed by atoms with Gasteiger partial charge in [0.2, 0.25) is 0 Å². The molecule has 1 unspecified atom stereocenters. The maximum absolute atomic E-state index is 10.3. The molecule has 3 nitrogen and oxygen atoms in total. The molecule has 1 aromatic heterocycles. The smallest absolute Gasteiger partial charge is 0.183 e. The zero-order chi connectivity index (χ0) is 13.8. The van der Waals surface area contributed by atoms with Gasteiger partial charge >= 0.3 is 0 Å². The summed E-state index contributed by atoms with van der Waals surface area (Å²) >= 11 is 4.92. The number of aliphatic hydroxyl groups excluding tert-OH is 1. The molecule has 2 rings (SSSR count). The van der Waals surface area contributed by atoms with Crippen molar-refractivity contribution in [2.75, 3.05) is 14.2 Å². The Hall–Kier alpha value is -0.720. The first-order valence-electron chi connectivity index (χ1n) is 5.74. The van der Waals surface area contributed by atoms with Crippen LogP contribution in [0.3, 0.4) is 0 Å². The van der Waals surface area contributed by atoms with Gasteiger partial charge in [0.1, 0.15) is 6.10 Å². The predicted molar refractivity (Wildman–Crippen MR) is 79.3 cm³/mol. The third-order valence-corrected chi connectivity index (χ3v) is 4.49. The van der Waals surface area contributed by atoms with Crippen molar-refractivity contribution in [3.63, 3.8) is 0 Å². The lowest BCUT2D eigenvalue weighted by molar-refractivity contribution is -0.106. The molecule has 0 bridgehead atoms. The minimum Gasteiger partial charge on any atom is -0.383 e. The third kappa shape index (κ3) is 3.43. The maximum atomic E-state index is 10.3. The Bertz CT molecular complexity index is 520. The van der Waals surface area contributed by atoms with Crippen molar-refractivity contribution < 1.29 is 14.6 Å². The molecule has 5 heteroatoms. The van der Waals surface area contributed by atoms with E-state index < -0.39 is 6.10 Å². The second-order valence-corrected chi connectivity index (χ2v) is 6.51. The Morgan fingerprint density at radius 3 is 2.05 bits per heavy atom. The van der Waals surface area contributed by atoms with E-state index >= 15 is 0 Å². The zero-order valence-electron chi connectivity index (χ0n) is 10.7. The second-order valence-electron chi connectivity index (χ2n) is 4.01. The van der Waals surface area contributed by atoms with Crippen LogP contribution in [0.2, 0.25) is 0 Å². The van der Waals surface area contributed by atoms with Crippen molar-refractivity contribution in [2.45, 2.75) is 12.4 Å².